The van der Waals surface area contributed by atoms with Crippen molar-refractivity contribution in [3.8, 4) is 0 Å². The first kappa shape index (κ1) is 27.8. The molecule has 9 heteroatoms. The number of carbonyl (C=O) groups excluding carboxylic acids is 1. The molecule has 190 valence electrons. The number of hydrogen-bond donors (Lipinski definition) is 3. The number of benzene rings is 1. The number of aliphatic hydroxyl groups is 3. The van der Waals surface area contributed by atoms with Gasteiger partial charge in [-0.05, 0) is 68.8 Å². The maximum atomic E-state index is 11.6. The van der Waals surface area contributed by atoms with E-state index in [4.69, 9.17) is 4.74 Å². The van der Waals surface area contributed by atoms with E-state index < -0.39 is 29.4 Å². The summed E-state index contributed by atoms with van der Waals surface area (Å²) in [6.07, 6.45) is 7.53. The number of carbonyl (C=O) groups is 1. The summed E-state index contributed by atoms with van der Waals surface area (Å²) in [7, 11) is 0. The average molecular weight is 480 g/mol. The maximum Gasteiger partial charge on any atom is 0.305 e. The Labute approximate surface area is 200 Å². The number of hydrogen-bond acceptors (Lipinski definition) is 8. The van der Waals surface area contributed by atoms with Gasteiger partial charge in [0.15, 0.2) is 0 Å². The number of aliphatic hydroxyl groups excluding tert-OH is 3. The number of esters is 1. The molecule has 0 aliphatic heterocycles. The minimum absolute atomic E-state index is 0.0533. The van der Waals surface area contributed by atoms with Gasteiger partial charge in [0.2, 0.25) is 0 Å². The molecule has 0 bridgehead atoms. The van der Waals surface area contributed by atoms with Crippen LogP contribution >= 0.6 is 0 Å². The van der Waals surface area contributed by atoms with Gasteiger partial charge >= 0.3 is 5.97 Å². The smallest absolute Gasteiger partial charge is 0.305 e. The van der Waals surface area contributed by atoms with Crippen molar-refractivity contribution in [2.45, 2.75) is 76.1 Å². The van der Waals surface area contributed by atoms with Crippen LogP contribution in [0, 0.1) is 22.0 Å². The molecule has 1 fully saturated rings. The highest BCUT2D eigenvalue weighted by Gasteiger charge is 2.40. The third-order valence-corrected chi connectivity index (χ3v) is 6.33. The minimum Gasteiger partial charge on any atom is -0.464 e. The molecule has 2 rings (SSSR count). The van der Waals surface area contributed by atoms with Gasteiger partial charge in [-0.3, -0.25) is 4.79 Å². The van der Waals surface area contributed by atoms with Crippen molar-refractivity contribution in [2.75, 3.05) is 13.2 Å². The highest BCUT2D eigenvalue weighted by molar-refractivity contribution is 5.69. The molecule has 34 heavy (non-hydrogen) atoms. The summed E-state index contributed by atoms with van der Waals surface area (Å²) in [6, 6.07) is 10.0. The van der Waals surface area contributed by atoms with E-state index in [2.05, 4.69) is 4.84 Å². The van der Waals surface area contributed by atoms with Gasteiger partial charge in [-0.1, -0.05) is 42.5 Å². The Morgan fingerprint density at radius 3 is 2.59 bits per heavy atom. The molecule has 5 atom stereocenters. The second-order valence-electron chi connectivity index (χ2n) is 8.83. The van der Waals surface area contributed by atoms with Crippen LogP contribution in [0.4, 0.5) is 0 Å². The van der Waals surface area contributed by atoms with E-state index in [1.165, 1.54) is 5.56 Å². The summed E-state index contributed by atoms with van der Waals surface area (Å²) in [5.41, 5.74) is 1.19. The number of aryl methyl sites for hydroxylation is 1. The van der Waals surface area contributed by atoms with Crippen LogP contribution in [0.3, 0.4) is 0 Å². The second-order valence-corrected chi connectivity index (χ2v) is 8.83. The van der Waals surface area contributed by atoms with Crippen LogP contribution in [0.2, 0.25) is 0 Å². The molecule has 0 amide bonds. The Hall–Kier alpha value is -2.49. The van der Waals surface area contributed by atoms with Gasteiger partial charge in [-0.15, -0.1) is 10.1 Å². The minimum atomic E-state index is -0.933. The van der Waals surface area contributed by atoms with Crippen molar-refractivity contribution < 1.29 is 34.8 Å². The molecule has 0 radical (unpaired) electrons. The first-order valence-corrected chi connectivity index (χ1v) is 12.0. The topological polar surface area (TPSA) is 139 Å². The summed E-state index contributed by atoms with van der Waals surface area (Å²) >= 11 is 0. The fraction of sp³-hybridized carbons (Fsp3) is 0.640. The number of unbranched alkanes of at least 4 members (excludes halogenated alkanes) is 1. The van der Waals surface area contributed by atoms with Gasteiger partial charge in [0.25, 0.3) is 5.09 Å². The molecule has 9 nitrogen and oxygen atoms in total. The van der Waals surface area contributed by atoms with Gasteiger partial charge in [0.05, 0.1) is 18.3 Å². The Morgan fingerprint density at radius 2 is 1.85 bits per heavy atom. The number of ether oxygens (including phenoxy) is 1. The van der Waals surface area contributed by atoms with Crippen molar-refractivity contribution >= 4 is 5.97 Å². The Balaban J connectivity index is 1.64. The number of rotatable bonds is 16. The molecular weight excluding hydrogens is 442 g/mol. The van der Waals surface area contributed by atoms with Gasteiger partial charge < -0.3 is 24.9 Å². The largest absolute Gasteiger partial charge is 0.464 e. The molecule has 1 aromatic carbocycles. The van der Waals surface area contributed by atoms with Crippen LogP contribution in [0.1, 0.15) is 56.9 Å². The van der Waals surface area contributed by atoms with E-state index >= 15 is 0 Å². The summed E-state index contributed by atoms with van der Waals surface area (Å²) in [6.45, 7) is -0.431. The molecule has 1 aliphatic rings. The third-order valence-electron chi connectivity index (χ3n) is 6.33. The Bertz CT molecular complexity index is 757. The van der Waals surface area contributed by atoms with Crippen molar-refractivity contribution in [3.63, 3.8) is 0 Å². The predicted molar refractivity (Wildman–Crippen MR) is 125 cm³/mol. The molecule has 1 aliphatic carbocycles. The van der Waals surface area contributed by atoms with Crippen LogP contribution < -0.4 is 0 Å². The highest BCUT2D eigenvalue weighted by atomic mass is 17.0. The number of allylic oxidation sites excluding steroid dienone is 2. The lowest BCUT2D eigenvalue weighted by Crippen LogP contribution is -2.23. The fourth-order valence-electron chi connectivity index (χ4n) is 4.49. The molecule has 1 aromatic rings. The van der Waals surface area contributed by atoms with E-state index in [1.807, 2.05) is 42.5 Å². The van der Waals surface area contributed by atoms with Gasteiger partial charge in [0, 0.05) is 6.42 Å². The van der Waals surface area contributed by atoms with Crippen molar-refractivity contribution in [3.05, 3.63) is 58.2 Å². The Morgan fingerprint density at radius 1 is 1.12 bits per heavy atom. The van der Waals surface area contributed by atoms with Gasteiger partial charge in [0.1, 0.15) is 13.2 Å². The van der Waals surface area contributed by atoms with Crippen LogP contribution in [0.15, 0.2) is 42.5 Å². The van der Waals surface area contributed by atoms with E-state index in [1.54, 1.807) is 0 Å². The third kappa shape index (κ3) is 10.6. The van der Waals surface area contributed by atoms with Crippen LogP contribution in [0.25, 0.3) is 0 Å². The molecule has 1 saturated carbocycles. The first-order valence-electron chi connectivity index (χ1n) is 12.0. The monoisotopic (exact) mass is 479 g/mol. The van der Waals surface area contributed by atoms with Crippen molar-refractivity contribution in [2.24, 2.45) is 11.8 Å². The fourth-order valence-corrected chi connectivity index (χ4v) is 4.49. The molecule has 0 aromatic heterocycles. The summed E-state index contributed by atoms with van der Waals surface area (Å²) < 4.78 is 4.84. The Kier molecular flexibility index (Phi) is 12.6. The quantitative estimate of drug-likeness (QED) is 0.108. The van der Waals surface area contributed by atoms with Crippen LogP contribution in [-0.2, 0) is 20.8 Å². The van der Waals surface area contributed by atoms with E-state index in [-0.39, 0.29) is 31.5 Å². The molecule has 0 spiro atoms. The van der Waals surface area contributed by atoms with Crippen molar-refractivity contribution in [1.29, 1.82) is 0 Å². The molecule has 3 N–H and O–H groups in total. The van der Waals surface area contributed by atoms with Crippen LogP contribution in [0.5, 0.6) is 0 Å². The van der Waals surface area contributed by atoms with Crippen molar-refractivity contribution in [1.82, 2.24) is 0 Å². The van der Waals surface area contributed by atoms with E-state index in [9.17, 15) is 30.2 Å². The van der Waals surface area contributed by atoms with Gasteiger partial charge in [-0.25, -0.2) is 0 Å². The lowest BCUT2D eigenvalue weighted by molar-refractivity contribution is -0.757. The molecule has 0 heterocycles. The normalized spacial score (nSPS) is 23.1. The maximum absolute atomic E-state index is 11.6. The highest BCUT2D eigenvalue weighted by Crippen LogP contribution is 2.38. The molecule has 1 unspecified atom stereocenters. The van der Waals surface area contributed by atoms with Crippen LogP contribution in [-0.4, -0.2) is 57.9 Å². The van der Waals surface area contributed by atoms with Gasteiger partial charge in [-0.2, -0.15) is 0 Å². The first-order chi connectivity index (χ1) is 16.4. The zero-order valence-electron chi connectivity index (χ0n) is 19.5. The standard InChI is InChI=1S/C25H37NO8/c27-20(13-12-19-8-4-3-5-9-19)14-15-22-21(23(28)18-24(22)29)10-6-1-2-7-11-25(30)33-16-17-34-26(31)32/h1,3-6,8-9,20-24,27-29H,2,7,10-18H2/b6-1-/t20?,21-,22-,23+,24-/m0/s1. The zero-order chi connectivity index (χ0) is 24.8. The predicted octanol–water partition coefficient (Wildman–Crippen LogP) is 2.99. The summed E-state index contributed by atoms with van der Waals surface area (Å²) in [5.74, 6) is -0.540. The average Bonchev–Trinajstić information content (AvgIpc) is 3.08. The lowest BCUT2D eigenvalue weighted by Gasteiger charge is -2.23. The molecule has 0 saturated heterocycles. The lowest BCUT2D eigenvalue weighted by atomic mass is 9.85. The number of nitrogens with zero attached hydrogens (tertiary/aromatic N) is 1. The summed E-state index contributed by atoms with van der Waals surface area (Å²) in [5, 5.41) is 40.3. The van der Waals surface area contributed by atoms with E-state index in [0.717, 1.165) is 6.42 Å². The summed E-state index contributed by atoms with van der Waals surface area (Å²) in [4.78, 5) is 25.6. The zero-order valence-corrected chi connectivity index (χ0v) is 19.5. The van der Waals surface area contributed by atoms with E-state index in [0.29, 0.717) is 44.9 Å². The second kappa shape index (κ2) is 15.4. The SMILES string of the molecule is O=C(CCC/C=C\C[C@H]1[C@H](CCC(O)CCc2ccccc2)[C@@H](O)C[C@H]1O)OCCO[N+](=O)[O-]. The molecular formula is C25H37NO8.